The van der Waals surface area contributed by atoms with Gasteiger partial charge >= 0.3 is 0 Å². The molecule has 6 aromatic rings. The largest absolute Gasteiger partial charge is 0.457 e. The van der Waals surface area contributed by atoms with Crippen LogP contribution in [0.4, 0.5) is 10.8 Å². The van der Waals surface area contributed by atoms with Crippen LogP contribution in [0.1, 0.15) is 16.1 Å². The highest BCUT2D eigenvalue weighted by Gasteiger charge is 2.17. The van der Waals surface area contributed by atoms with Crippen molar-refractivity contribution in [3.63, 3.8) is 0 Å². The van der Waals surface area contributed by atoms with E-state index in [2.05, 4.69) is 20.9 Å². The van der Waals surface area contributed by atoms with Crippen molar-refractivity contribution in [3.05, 3.63) is 150 Å². The van der Waals surface area contributed by atoms with Gasteiger partial charge in [-0.15, -0.1) is 23.1 Å². The molecule has 0 spiro atoms. The lowest BCUT2D eigenvalue weighted by molar-refractivity contribution is -0.114. The number of hydrogen-bond acceptors (Lipinski definition) is 7. The minimum Gasteiger partial charge on any atom is -0.457 e. The van der Waals surface area contributed by atoms with Crippen molar-refractivity contribution in [2.45, 2.75) is 4.90 Å². The number of thioether (sulfide) groups is 1. The summed E-state index contributed by atoms with van der Waals surface area (Å²) in [5.41, 5.74) is 3.64. The van der Waals surface area contributed by atoms with Crippen molar-refractivity contribution in [1.82, 2.24) is 10.3 Å². The summed E-state index contributed by atoms with van der Waals surface area (Å²) in [6.45, 7) is 0. The van der Waals surface area contributed by atoms with E-state index in [1.54, 1.807) is 42.5 Å². The van der Waals surface area contributed by atoms with Gasteiger partial charge in [-0.1, -0.05) is 78.9 Å². The number of nitrogens with one attached hydrogen (secondary N) is 3. The van der Waals surface area contributed by atoms with Crippen LogP contribution in [0.15, 0.2) is 148 Å². The highest BCUT2D eigenvalue weighted by atomic mass is 32.2. The minimum atomic E-state index is -0.523. The molecular formula is C37H28N4O4S2. The van der Waals surface area contributed by atoms with Crippen molar-refractivity contribution in [2.24, 2.45) is 0 Å². The zero-order chi connectivity index (χ0) is 32.4. The van der Waals surface area contributed by atoms with E-state index in [9.17, 15) is 14.4 Å². The lowest BCUT2D eigenvalue weighted by atomic mass is 10.2. The maximum atomic E-state index is 13.4. The van der Waals surface area contributed by atoms with Gasteiger partial charge in [0.15, 0.2) is 5.13 Å². The van der Waals surface area contributed by atoms with Gasteiger partial charge in [0, 0.05) is 38.7 Å². The lowest BCUT2D eigenvalue weighted by Gasteiger charge is -2.11. The number of anilines is 2. The molecule has 0 aliphatic carbocycles. The summed E-state index contributed by atoms with van der Waals surface area (Å²) in [4.78, 5) is 44.3. The zero-order valence-electron chi connectivity index (χ0n) is 24.9. The van der Waals surface area contributed by atoms with Crippen LogP contribution < -0.4 is 16.0 Å². The number of hydrogen-bond donors (Lipinski definition) is 3. The van der Waals surface area contributed by atoms with Gasteiger partial charge in [0.05, 0.1) is 11.4 Å². The molecule has 3 N–H and O–H groups in total. The highest BCUT2D eigenvalue weighted by molar-refractivity contribution is 8.00. The van der Waals surface area contributed by atoms with E-state index >= 15 is 0 Å². The predicted octanol–water partition coefficient (Wildman–Crippen LogP) is 8.21. The maximum Gasteiger partial charge on any atom is 0.272 e. The number of furan rings is 1. The second kappa shape index (κ2) is 15.0. The third-order valence-electron chi connectivity index (χ3n) is 6.80. The summed E-state index contributed by atoms with van der Waals surface area (Å²) in [5.74, 6) is 0.112. The van der Waals surface area contributed by atoms with Gasteiger partial charge in [-0.3, -0.25) is 14.4 Å². The Morgan fingerprint density at radius 2 is 1.40 bits per heavy atom. The first-order valence-corrected chi connectivity index (χ1v) is 16.4. The summed E-state index contributed by atoms with van der Waals surface area (Å²) >= 11 is 2.74. The molecule has 0 aliphatic heterocycles. The minimum absolute atomic E-state index is 0.0144. The Balaban J connectivity index is 1.09. The predicted molar refractivity (Wildman–Crippen MR) is 188 cm³/mol. The van der Waals surface area contributed by atoms with Crippen LogP contribution >= 0.6 is 23.1 Å². The maximum absolute atomic E-state index is 13.4. The average molecular weight is 657 g/mol. The fourth-order valence-corrected chi connectivity index (χ4v) is 5.92. The molecule has 10 heteroatoms. The van der Waals surface area contributed by atoms with Crippen molar-refractivity contribution < 1.29 is 18.8 Å². The molecule has 3 amide bonds. The van der Waals surface area contributed by atoms with E-state index in [1.807, 2.05) is 90.3 Å². The van der Waals surface area contributed by atoms with Crippen LogP contribution in [0.5, 0.6) is 0 Å². The van der Waals surface area contributed by atoms with Crippen LogP contribution in [-0.2, 0) is 9.59 Å². The third-order valence-corrected chi connectivity index (χ3v) is 8.57. The summed E-state index contributed by atoms with van der Waals surface area (Å²) in [7, 11) is 0. The molecule has 0 aliphatic rings. The van der Waals surface area contributed by atoms with Gasteiger partial charge in [-0.2, -0.15) is 0 Å². The Morgan fingerprint density at radius 1 is 0.745 bits per heavy atom. The second-order valence-electron chi connectivity index (χ2n) is 10.2. The Hall–Kier alpha value is -5.71. The zero-order valence-corrected chi connectivity index (χ0v) is 26.5. The molecule has 4 aromatic carbocycles. The molecule has 0 saturated heterocycles. The number of nitrogens with zero attached hydrogens (tertiary/aromatic N) is 1. The van der Waals surface area contributed by atoms with Gasteiger partial charge in [0.2, 0.25) is 5.91 Å². The molecule has 47 heavy (non-hydrogen) atoms. The number of carbonyl (C=O) groups is 3. The first-order chi connectivity index (χ1) is 23.0. The topological polar surface area (TPSA) is 113 Å². The first-order valence-electron chi connectivity index (χ1n) is 14.6. The van der Waals surface area contributed by atoms with Crippen LogP contribution in [0.2, 0.25) is 0 Å². The SMILES string of the molecule is O=C(CSc1ccc(NC(=O)C(=Cc2ccc(-c3ccccc3)o2)NC(=O)c2ccccc2)cc1)Nc1nc(-c2ccccc2)cs1. The molecular weight excluding hydrogens is 629 g/mol. The number of benzene rings is 4. The van der Waals surface area contributed by atoms with Crippen molar-refractivity contribution in [3.8, 4) is 22.6 Å². The normalized spacial score (nSPS) is 11.1. The molecule has 6 rings (SSSR count). The van der Waals surface area contributed by atoms with E-state index in [0.29, 0.717) is 27.9 Å². The Bertz CT molecular complexity index is 2010. The van der Waals surface area contributed by atoms with Gasteiger partial charge < -0.3 is 20.4 Å². The molecule has 232 valence electrons. The van der Waals surface area contributed by atoms with Crippen LogP contribution in [0, 0.1) is 0 Å². The highest BCUT2D eigenvalue weighted by Crippen LogP contribution is 2.26. The van der Waals surface area contributed by atoms with Crippen molar-refractivity contribution in [2.75, 3.05) is 16.4 Å². The Labute approximate surface area is 279 Å². The fourth-order valence-electron chi connectivity index (χ4n) is 4.48. The van der Waals surface area contributed by atoms with Crippen molar-refractivity contribution in [1.29, 1.82) is 0 Å². The Morgan fingerprint density at radius 3 is 2.11 bits per heavy atom. The first kappa shape index (κ1) is 31.3. The molecule has 0 radical (unpaired) electrons. The number of amides is 3. The van der Waals surface area contributed by atoms with E-state index in [4.69, 9.17) is 4.42 Å². The molecule has 0 bridgehead atoms. The smallest absolute Gasteiger partial charge is 0.272 e. The number of carbonyl (C=O) groups excluding carboxylic acids is 3. The molecule has 0 saturated carbocycles. The second-order valence-corrected chi connectivity index (χ2v) is 12.1. The van der Waals surface area contributed by atoms with E-state index < -0.39 is 11.8 Å². The summed E-state index contributed by atoms with van der Waals surface area (Å²) in [5, 5.41) is 10.9. The van der Waals surface area contributed by atoms with E-state index in [-0.39, 0.29) is 17.4 Å². The monoisotopic (exact) mass is 656 g/mol. The van der Waals surface area contributed by atoms with E-state index in [1.165, 1.54) is 29.2 Å². The van der Waals surface area contributed by atoms with Gasteiger partial charge in [-0.25, -0.2) is 4.98 Å². The fraction of sp³-hybridized carbons (Fsp3) is 0.0270. The summed E-state index contributed by atoms with van der Waals surface area (Å²) in [6.07, 6.45) is 1.50. The van der Waals surface area contributed by atoms with Crippen LogP contribution in [0.25, 0.3) is 28.7 Å². The number of thiazole rings is 1. The van der Waals surface area contributed by atoms with Crippen LogP contribution in [-0.4, -0.2) is 28.5 Å². The van der Waals surface area contributed by atoms with Gasteiger partial charge in [0.1, 0.15) is 17.2 Å². The van der Waals surface area contributed by atoms with E-state index in [0.717, 1.165) is 21.7 Å². The standard InChI is InChI=1S/C37H28N4O4S2/c42-34(41-37-40-32(23-47-37)25-10-4-1-5-11-25)24-46-30-19-16-28(17-20-30)38-36(44)31(39-35(43)27-14-8-3-9-15-27)22-29-18-21-33(45-29)26-12-6-2-7-13-26/h1-23H,24H2,(H,38,44)(H,39,43)(H,40,41,42). The number of aromatic nitrogens is 1. The molecule has 2 aromatic heterocycles. The van der Waals surface area contributed by atoms with Crippen molar-refractivity contribution >= 4 is 57.7 Å². The van der Waals surface area contributed by atoms with Crippen LogP contribution in [0.3, 0.4) is 0 Å². The summed E-state index contributed by atoms with van der Waals surface area (Å²) in [6, 6.07) is 38.7. The van der Waals surface area contributed by atoms with Gasteiger partial charge in [0.25, 0.3) is 11.8 Å². The summed E-state index contributed by atoms with van der Waals surface area (Å²) < 4.78 is 5.96. The lowest BCUT2D eigenvalue weighted by Crippen LogP contribution is -2.30. The molecule has 0 atom stereocenters. The average Bonchev–Trinajstić information content (AvgIpc) is 3.79. The quantitative estimate of drug-likeness (QED) is 0.0957. The Kier molecular flexibility index (Phi) is 10.0. The molecule has 8 nitrogen and oxygen atoms in total. The van der Waals surface area contributed by atoms with Gasteiger partial charge in [-0.05, 0) is 48.5 Å². The molecule has 0 fully saturated rings. The molecule has 2 heterocycles. The molecule has 0 unspecified atom stereocenters. The number of rotatable bonds is 11. The third kappa shape index (κ3) is 8.51.